The molecule has 1 nitrogen and oxygen atoms in total. The van der Waals surface area contributed by atoms with Crippen molar-refractivity contribution in [2.75, 3.05) is 0 Å². The second-order valence-electron chi connectivity index (χ2n) is 4.24. The molecule has 0 bridgehead atoms. The number of halogens is 3. The van der Waals surface area contributed by atoms with Gasteiger partial charge in [-0.2, -0.15) is 0 Å². The minimum Gasteiger partial charge on any atom is -0.324 e. The van der Waals surface area contributed by atoms with Gasteiger partial charge in [0.25, 0.3) is 0 Å². The van der Waals surface area contributed by atoms with E-state index < -0.39 is 0 Å². The standard InChI is InChI=1S/C12H17BrFN.ClH/c1-8(2)3-6-12(15)10-7-9(14)4-5-11(10)13;/h4-5,7-8,12H,3,6,15H2,1-2H3;1H/t12-;/m1./s1. The zero-order valence-corrected chi connectivity index (χ0v) is 11.9. The first-order chi connectivity index (χ1) is 7.00. The molecule has 0 aliphatic carbocycles. The van der Waals surface area contributed by atoms with Crippen LogP contribution < -0.4 is 5.73 Å². The van der Waals surface area contributed by atoms with Crippen molar-refractivity contribution in [3.05, 3.63) is 34.1 Å². The third-order valence-corrected chi connectivity index (χ3v) is 3.13. The molecule has 0 aliphatic heterocycles. The highest BCUT2D eigenvalue weighted by atomic mass is 79.9. The molecule has 0 aromatic heterocycles. The maximum atomic E-state index is 13.0. The highest BCUT2D eigenvalue weighted by Gasteiger charge is 2.11. The maximum Gasteiger partial charge on any atom is 0.123 e. The normalized spacial score (nSPS) is 12.4. The van der Waals surface area contributed by atoms with Crippen LogP contribution in [0.25, 0.3) is 0 Å². The molecule has 0 heterocycles. The smallest absolute Gasteiger partial charge is 0.123 e. The third kappa shape index (κ3) is 4.81. The molecule has 0 spiro atoms. The fraction of sp³-hybridized carbons (Fsp3) is 0.500. The van der Waals surface area contributed by atoms with Crippen molar-refractivity contribution in [3.8, 4) is 0 Å². The summed E-state index contributed by atoms with van der Waals surface area (Å²) in [4.78, 5) is 0. The first-order valence-electron chi connectivity index (χ1n) is 5.21. The van der Waals surface area contributed by atoms with E-state index in [1.807, 2.05) is 0 Å². The lowest BCUT2D eigenvalue weighted by Crippen LogP contribution is -2.12. The number of nitrogens with two attached hydrogens (primary N) is 1. The van der Waals surface area contributed by atoms with Gasteiger partial charge in [-0.1, -0.05) is 29.8 Å². The molecule has 0 amide bonds. The highest BCUT2D eigenvalue weighted by Crippen LogP contribution is 2.26. The van der Waals surface area contributed by atoms with E-state index >= 15 is 0 Å². The SMILES string of the molecule is CC(C)CC[C@@H](N)c1cc(F)ccc1Br.Cl. The zero-order valence-electron chi connectivity index (χ0n) is 9.54. The summed E-state index contributed by atoms with van der Waals surface area (Å²) >= 11 is 3.39. The van der Waals surface area contributed by atoms with E-state index in [1.54, 1.807) is 6.07 Å². The molecule has 92 valence electrons. The molecule has 1 rings (SSSR count). The van der Waals surface area contributed by atoms with Gasteiger partial charge in [0, 0.05) is 10.5 Å². The summed E-state index contributed by atoms with van der Waals surface area (Å²) < 4.78 is 13.9. The quantitative estimate of drug-likeness (QED) is 0.874. The number of hydrogen-bond acceptors (Lipinski definition) is 1. The Kier molecular flexibility index (Phi) is 7.20. The Bertz CT molecular complexity index is 331. The lowest BCUT2D eigenvalue weighted by molar-refractivity contribution is 0.504. The molecule has 0 radical (unpaired) electrons. The van der Waals surface area contributed by atoms with Gasteiger partial charge >= 0.3 is 0 Å². The van der Waals surface area contributed by atoms with Crippen LogP contribution in [-0.2, 0) is 0 Å². The Labute approximate surface area is 111 Å². The third-order valence-electron chi connectivity index (χ3n) is 2.41. The van der Waals surface area contributed by atoms with Crippen LogP contribution in [0.2, 0.25) is 0 Å². The van der Waals surface area contributed by atoms with Crippen LogP contribution in [0.4, 0.5) is 4.39 Å². The lowest BCUT2D eigenvalue weighted by atomic mass is 9.98. The molecule has 1 aromatic rings. The fourth-order valence-electron chi connectivity index (χ4n) is 1.47. The Morgan fingerprint density at radius 3 is 2.50 bits per heavy atom. The largest absolute Gasteiger partial charge is 0.324 e. The van der Waals surface area contributed by atoms with Crippen LogP contribution in [0.3, 0.4) is 0 Å². The van der Waals surface area contributed by atoms with Gasteiger partial charge < -0.3 is 5.73 Å². The second-order valence-corrected chi connectivity index (χ2v) is 5.10. The molecule has 0 fully saturated rings. The van der Waals surface area contributed by atoms with E-state index in [9.17, 15) is 4.39 Å². The Morgan fingerprint density at radius 1 is 1.31 bits per heavy atom. The van der Waals surface area contributed by atoms with Crippen molar-refractivity contribution in [3.63, 3.8) is 0 Å². The fourth-order valence-corrected chi connectivity index (χ4v) is 2.01. The van der Waals surface area contributed by atoms with Crippen molar-refractivity contribution in [2.45, 2.75) is 32.7 Å². The second kappa shape index (κ2) is 7.25. The van der Waals surface area contributed by atoms with Gasteiger partial charge in [0.15, 0.2) is 0 Å². The maximum absolute atomic E-state index is 13.0. The highest BCUT2D eigenvalue weighted by molar-refractivity contribution is 9.10. The number of rotatable bonds is 4. The lowest BCUT2D eigenvalue weighted by Gasteiger charge is -2.15. The van der Waals surface area contributed by atoms with Gasteiger partial charge in [0.1, 0.15) is 5.82 Å². The van der Waals surface area contributed by atoms with E-state index in [0.29, 0.717) is 5.92 Å². The average molecular weight is 311 g/mol. The summed E-state index contributed by atoms with van der Waals surface area (Å²) in [5.41, 5.74) is 6.87. The summed E-state index contributed by atoms with van der Waals surface area (Å²) in [6, 6.07) is 4.56. The molecular weight excluding hydrogens is 292 g/mol. The zero-order chi connectivity index (χ0) is 11.4. The predicted octanol–water partition coefficient (Wildman–Crippen LogP) is 4.45. The van der Waals surface area contributed by atoms with Crippen LogP contribution in [0.5, 0.6) is 0 Å². The monoisotopic (exact) mass is 309 g/mol. The van der Waals surface area contributed by atoms with Gasteiger partial charge in [-0.15, -0.1) is 12.4 Å². The number of hydrogen-bond donors (Lipinski definition) is 1. The number of benzene rings is 1. The van der Waals surface area contributed by atoms with Gasteiger partial charge in [-0.3, -0.25) is 0 Å². The molecule has 0 saturated carbocycles. The van der Waals surface area contributed by atoms with E-state index in [-0.39, 0.29) is 24.3 Å². The summed E-state index contributed by atoms with van der Waals surface area (Å²) in [5, 5.41) is 0. The molecule has 2 N–H and O–H groups in total. The minimum absolute atomic E-state index is 0. The van der Waals surface area contributed by atoms with Crippen molar-refractivity contribution in [1.29, 1.82) is 0 Å². The molecular formula is C12H18BrClFN. The van der Waals surface area contributed by atoms with Crippen LogP contribution in [0.1, 0.15) is 38.3 Å². The van der Waals surface area contributed by atoms with Crippen molar-refractivity contribution in [2.24, 2.45) is 11.7 Å². The Balaban J connectivity index is 0.00000225. The van der Waals surface area contributed by atoms with Crippen molar-refractivity contribution >= 4 is 28.3 Å². The van der Waals surface area contributed by atoms with Crippen LogP contribution in [-0.4, -0.2) is 0 Å². The van der Waals surface area contributed by atoms with Crippen LogP contribution >= 0.6 is 28.3 Å². The van der Waals surface area contributed by atoms with E-state index in [4.69, 9.17) is 5.73 Å². The van der Waals surface area contributed by atoms with Crippen molar-refractivity contribution < 1.29 is 4.39 Å². The summed E-state index contributed by atoms with van der Waals surface area (Å²) in [6.45, 7) is 4.32. The van der Waals surface area contributed by atoms with Gasteiger partial charge in [0.2, 0.25) is 0 Å². The van der Waals surface area contributed by atoms with Gasteiger partial charge in [-0.25, -0.2) is 4.39 Å². The summed E-state index contributed by atoms with van der Waals surface area (Å²) in [7, 11) is 0. The predicted molar refractivity (Wildman–Crippen MR) is 72.3 cm³/mol. The van der Waals surface area contributed by atoms with E-state index in [2.05, 4.69) is 29.8 Å². The van der Waals surface area contributed by atoms with Crippen molar-refractivity contribution in [1.82, 2.24) is 0 Å². The molecule has 0 aliphatic rings. The molecule has 0 saturated heterocycles. The topological polar surface area (TPSA) is 26.0 Å². The first kappa shape index (κ1) is 15.9. The average Bonchev–Trinajstić information content (AvgIpc) is 2.18. The molecule has 16 heavy (non-hydrogen) atoms. The molecule has 1 aromatic carbocycles. The molecule has 0 unspecified atom stereocenters. The summed E-state index contributed by atoms with van der Waals surface area (Å²) in [6.07, 6.45) is 1.95. The van der Waals surface area contributed by atoms with Crippen LogP contribution in [0.15, 0.2) is 22.7 Å². The summed E-state index contributed by atoms with van der Waals surface area (Å²) in [5.74, 6) is 0.400. The Hall–Kier alpha value is -0.120. The van der Waals surface area contributed by atoms with E-state index in [1.165, 1.54) is 12.1 Å². The first-order valence-corrected chi connectivity index (χ1v) is 6.00. The molecule has 1 atom stereocenters. The van der Waals surface area contributed by atoms with Gasteiger partial charge in [-0.05, 0) is 42.5 Å². The van der Waals surface area contributed by atoms with Crippen LogP contribution in [0, 0.1) is 11.7 Å². The van der Waals surface area contributed by atoms with E-state index in [0.717, 1.165) is 22.9 Å². The Morgan fingerprint density at radius 2 is 1.94 bits per heavy atom. The molecule has 4 heteroatoms. The minimum atomic E-state index is -0.229. The van der Waals surface area contributed by atoms with Gasteiger partial charge in [0.05, 0.1) is 0 Å².